The fourth-order valence-electron chi connectivity index (χ4n) is 4.92. The number of likely N-dealkylation sites (tertiary alicyclic amines) is 1. The molecule has 164 valence electrons. The van der Waals surface area contributed by atoms with Crippen LogP contribution in [0.3, 0.4) is 0 Å². The van der Waals surface area contributed by atoms with Gasteiger partial charge in [-0.1, -0.05) is 18.2 Å². The Morgan fingerprint density at radius 2 is 1.91 bits per heavy atom. The maximum absolute atomic E-state index is 13.8. The predicted molar refractivity (Wildman–Crippen MR) is 120 cm³/mol. The number of piperidine rings is 1. The minimum atomic E-state index is -0.124. The third kappa shape index (κ3) is 3.98. The van der Waals surface area contributed by atoms with Crippen molar-refractivity contribution in [3.63, 3.8) is 0 Å². The molecule has 0 atom stereocenters. The lowest BCUT2D eigenvalue weighted by Gasteiger charge is -2.36. The first-order valence-corrected chi connectivity index (χ1v) is 11.3. The Morgan fingerprint density at radius 1 is 1.09 bits per heavy atom. The molecule has 0 unspecified atom stereocenters. The van der Waals surface area contributed by atoms with Crippen LogP contribution in [0.25, 0.3) is 10.9 Å². The summed E-state index contributed by atoms with van der Waals surface area (Å²) >= 11 is 0. The summed E-state index contributed by atoms with van der Waals surface area (Å²) in [6.07, 6.45) is 2.83. The molecule has 7 heteroatoms. The van der Waals surface area contributed by atoms with Gasteiger partial charge in [-0.3, -0.25) is 9.48 Å². The van der Waals surface area contributed by atoms with E-state index < -0.39 is 0 Å². The Kier molecular flexibility index (Phi) is 5.62. The molecule has 0 aliphatic carbocycles. The summed E-state index contributed by atoms with van der Waals surface area (Å²) in [5.41, 5.74) is 2.67. The molecular formula is C25H26FN5O. The van der Waals surface area contributed by atoms with Crippen LogP contribution in [-0.4, -0.2) is 58.2 Å². The summed E-state index contributed by atoms with van der Waals surface area (Å²) in [6.45, 7) is 4.95. The monoisotopic (exact) mass is 431 g/mol. The van der Waals surface area contributed by atoms with Crippen molar-refractivity contribution < 1.29 is 9.18 Å². The number of fused-ring (bicyclic) bond motifs is 3. The molecule has 5 rings (SSSR count). The standard InChI is InChI=1S/C25H26FN5O/c26-22-4-2-1-3-20(22)9-12-29-10-7-18(8-11-29)17-30-13-14-31-24(25(30)32)21-6-5-19(16-27)15-23(21)28-31/h1-6,15,18H,7-14,17H2. The normalized spacial score (nSPS) is 17.5. The Hall–Kier alpha value is -3.24. The highest BCUT2D eigenvalue weighted by Crippen LogP contribution is 2.26. The molecule has 0 N–H and O–H groups in total. The number of hydrogen-bond donors (Lipinski definition) is 0. The van der Waals surface area contributed by atoms with E-state index in [0.717, 1.165) is 56.4 Å². The second-order valence-electron chi connectivity index (χ2n) is 8.79. The van der Waals surface area contributed by atoms with E-state index in [9.17, 15) is 9.18 Å². The van der Waals surface area contributed by atoms with Gasteiger partial charge in [-0.05, 0) is 68.1 Å². The quantitative estimate of drug-likeness (QED) is 0.621. The summed E-state index contributed by atoms with van der Waals surface area (Å²) in [5.74, 6) is 0.390. The molecule has 3 aromatic rings. The van der Waals surface area contributed by atoms with Crippen molar-refractivity contribution in [1.29, 1.82) is 5.26 Å². The minimum Gasteiger partial charge on any atom is -0.335 e. The molecular weight excluding hydrogens is 405 g/mol. The number of carbonyl (C=O) groups excluding carboxylic acids is 1. The molecule has 1 saturated heterocycles. The highest BCUT2D eigenvalue weighted by atomic mass is 19.1. The number of aromatic nitrogens is 2. The molecule has 1 amide bonds. The van der Waals surface area contributed by atoms with Crippen LogP contribution in [0.1, 0.15) is 34.5 Å². The first kappa shape index (κ1) is 20.7. The molecule has 0 saturated carbocycles. The average Bonchev–Trinajstić information content (AvgIpc) is 3.19. The topological polar surface area (TPSA) is 65.2 Å². The molecule has 1 aromatic heterocycles. The number of nitriles is 1. The Bertz CT molecular complexity index is 1190. The average molecular weight is 432 g/mol. The number of benzene rings is 2. The van der Waals surface area contributed by atoms with Crippen LogP contribution < -0.4 is 0 Å². The van der Waals surface area contributed by atoms with E-state index in [0.29, 0.717) is 35.8 Å². The summed E-state index contributed by atoms with van der Waals surface area (Å²) < 4.78 is 15.6. The van der Waals surface area contributed by atoms with Gasteiger partial charge in [-0.25, -0.2) is 4.39 Å². The van der Waals surface area contributed by atoms with Gasteiger partial charge in [-0.15, -0.1) is 0 Å². The lowest BCUT2D eigenvalue weighted by atomic mass is 9.95. The van der Waals surface area contributed by atoms with Crippen LogP contribution in [0.4, 0.5) is 4.39 Å². The highest BCUT2D eigenvalue weighted by molar-refractivity contribution is 6.05. The van der Waals surface area contributed by atoms with E-state index in [1.165, 1.54) is 6.07 Å². The van der Waals surface area contributed by atoms with Crippen molar-refractivity contribution >= 4 is 16.8 Å². The van der Waals surface area contributed by atoms with Gasteiger partial charge in [0.05, 0.1) is 23.7 Å². The van der Waals surface area contributed by atoms with Crippen LogP contribution in [0.5, 0.6) is 0 Å². The maximum Gasteiger partial charge on any atom is 0.272 e. The van der Waals surface area contributed by atoms with E-state index in [4.69, 9.17) is 5.26 Å². The molecule has 2 aliphatic rings. The number of nitrogens with zero attached hydrogens (tertiary/aromatic N) is 5. The molecule has 0 bridgehead atoms. The van der Waals surface area contributed by atoms with Gasteiger partial charge < -0.3 is 9.80 Å². The number of amides is 1. The lowest BCUT2D eigenvalue weighted by Crippen LogP contribution is -2.45. The second kappa shape index (κ2) is 8.71. The Labute approximate surface area is 186 Å². The van der Waals surface area contributed by atoms with Gasteiger partial charge >= 0.3 is 0 Å². The van der Waals surface area contributed by atoms with Crippen molar-refractivity contribution in [2.75, 3.05) is 32.7 Å². The lowest BCUT2D eigenvalue weighted by molar-refractivity contribution is 0.0630. The number of rotatable bonds is 5. The molecule has 0 radical (unpaired) electrons. The summed E-state index contributed by atoms with van der Waals surface area (Å²) in [6, 6.07) is 14.5. The van der Waals surface area contributed by atoms with Crippen molar-refractivity contribution in [3.05, 3.63) is 65.1 Å². The number of halogens is 1. The second-order valence-corrected chi connectivity index (χ2v) is 8.79. The molecule has 2 aromatic carbocycles. The van der Waals surface area contributed by atoms with E-state index in [2.05, 4.69) is 16.1 Å². The molecule has 6 nitrogen and oxygen atoms in total. The van der Waals surface area contributed by atoms with Crippen LogP contribution >= 0.6 is 0 Å². The molecule has 3 heterocycles. The molecule has 1 fully saturated rings. The van der Waals surface area contributed by atoms with Crippen LogP contribution in [0, 0.1) is 23.1 Å². The van der Waals surface area contributed by atoms with E-state index in [1.54, 1.807) is 22.9 Å². The van der Waals surface area contributed by atoms with Gasteiger partial charge in [0.2, 0.25) is 0 Å². The van der Waals surface area contributed by atoms with Crippen molar-refractivity contribution in [3.8, 4) is 6.07 Å². The third-order valence-corrected chi connectivity index (χ3v) is 6.78. The van der Waals surface area contributed by atoms with Gasteiger partial charge in [0, 0.05) is 25.0 Å². The highest BCUT2D eigenvalue weighted by Gasteiger charge is 2.31. The zero-order valence-corrected chi connectivity index (χ0v) is 18.0. The molecule has 32 heavy (non-hydrogen) atoms. The Balaban J connectivity index is 1.18. The van der Waals surface area contributed by atoms with E-state index >= 15 is 0 Å². The van der Waals surface area contributed by atoms with Crippen molar-refractivity contribution in [1.82, 2.24) is 19.6 Å². The largest absolute Gasteiger partial charge is 0.335 e. The van der Waals surface area contributed by atoms with E-state index in [1.807, 2.05) is 23.1 Å². The SMILES string of the molecule is N#Cc1ccc2c3n(nc2c1)CCN(CC1CCN(CCc2ccccc2F)CC1)C3=O. The Morgan fingerprint density at radius 3 is 2.69 bits per heavy atom. The zero-order valence-electron chi connectivity index (χ0n) is 18.0. The van der Waals surface area contributed by atoms with Gasteiger partial charge in [0.1, 0.15) is 11.5 Å². The van der Waals surface area contributed by atoms with Crippen molar-refractivity contribution in [2.24, 2.45) is 5.92 Å². The fraction of sp³-hybridized carbons (Fsp3) is 0.400. The molecule has 2 aliphatic heterocycles. The number of carbonyl (C=O) groups is 1. The predicted octanol–water partition coefficient (Wildman–Crippen LogP) is 3.46. The van der Waals surface area contributed by atoms with Gasteiger partial charge in [-0.2, -0.15) is 10.4 Å². The summed E-state index contributed by atoms with van der Waals surface area (Å²) in [4.78, 5) is 17.6. The van der Waals surface area contributed by atoms with Gasteiger partial charge in [0.15, 0.2) is 0 Å². The van der Waals surface area contributed by atoms with Crippen LogP contribution in [-0.2, 0) is 13.0 Å². The fourth-order valence-corrected chi connectivity index (χ4v) is 4.92. The first-order chi connectivity index (χ1) is 15.6. The zero-order chi connectivity index (χ0) is 22.1. The third-order valence-electron chi connectivity index (χ3n) is 6.78. The summed E-state index contributed by atoms with van der Waals surface area (Å²) in [7, 11) is 0. The van der Waals surface area contributed by atoms with Gasteiger partial charge in [0.25, 0.3) is 5.91 Å². The number of hydrogen-bond acceptors (Lipinski definition) is 4. The minimum absolute atomic E-state index is 0.0328. The van der Waals surface area contributed by atoms with E-state index in [-0.39, 0.29) is 11.7 Å². The smallest absolute Gasteiger partial charge is 0.272 e. The maximum atomic E-state index is 13.8. The summed E-state index contributed by atoms with van der Waals surface area (Å²) in [5, 5.41) is 14.5. The van der Waals surface area contributed by atoms with Crippen molar-refractivity contribution in [2.45, 2.75) is 25.8 Å². The van der Waals surface area contributed by atoms with Crippen LogP contribution in [0.15, 0.2) is 42.5 Å². The van der Waals surface area contributed by atoms with Crippen LogP contribution in [0.2, 0.25) is 0 Å². The first-order valence-electron chi connectivity index (χ1n) is 11.3. The molecule has 0 spiro atoms.